The quantitative estimate of drug-likeness (QED) is 0.426. The molecule has 0 radical (unpaired) electrons. The van der Waals surface area contributed by atoms with Crippen LogP contribution in [0.15, 0.2) is 49.1 Å². The summed E-state index contributed by atoms with van der Waals surface area (Å²) in [6.45, 7) is 7.11. The molecular weight excluding hydrogens is 122 g/mol. The van der Waals surface area contributed by atoms with Crippen molar-refractivity contribution in [3.63, 3.8) is 0 Å². The van der Waals surface area contributed by atoms with E-state index in [9.17, 15) is 0 Å². The summed E-state index contributed by atoms with van der Waals surface area (Å²) in [6, 6.07) is 1.88. The van der Waals surface area contributed by atoms with Crippen molar-refractivity contribution in [3.05, 3.63) is 49.1 Å². The van der Waals surface area contributed by atoms with Gasteiger partial charge in [-0.25, -0.2) is 0 Å². The molecule has 0 bridgehead atoms. The number of hydrogen-bond acceptors (Lipinski definition) is 1. The lowest BCUT2D eigenvalue weighted by Crippen LogP contribution is -1.64. The van der Waals surface area contributed by atoms with Gasteiger partial charge in [0.25, 0.3) is 0 Å². The molecule has 0 spiro atoms. The highest BCUT2D eigenvalue weighted by molar-refractivity contribution is 5.31. The highest BCUT2D eigenvalue weighted by Gasteiger charge is 1.75. The SMILES string of the molecule is C=CC(C=C)=C/C=C/C#N. The second-order valence-corrected chi connectivity index (χ2v) is 1.56. The van der Waals surface area contributed by atoms with Crippen molar-refractivity contribution in [2.24, 2.45) is 0 Å². The van der Waals surface area contributed by atoms with Gasteiger partial charge in [0, 0.05) is 6.08 Å². The molecule has 0 rings (SSSR count). The molecule has 0 amide bonds. The lowest BCUT2D eigenvalue weighted by atomic mass is 10.2. The van der Waals surface area contributed by atoms with Crippen LogP contribution < -0.4 is 0 Å². The van der Waals surface area contributed by atoms with Crippen molar-refractivity contribution in [3.8, 4) is 6.07 Å². The Morgan fingerprint density at radius 3 is 2.30 bits per heavy atom. The van der Waals surface area contributed by atoms with Crippen molar-refractivity contribution in [2.45, 2.75) is 0 Å². The predicted octanol–water partition coefficient (Wildman–Crippen LogP) is 2.36. The molecular formula is C9H9N. The van der Waals surface area contributed by atoms with Crippen LogP contribution >= 0.6 is 0 Å². The summed E-state index contributed by atoms with van der Waals surface area (Å²) < 4.78 is 0. The van der Waals surface area contributed by atoms with Crippen LogP contribution in [-0.2, 0) is 0 Å². The van der Waals surface area contributed by atoms with Gasteiger partial charge in [0.05, 0.1) is 6.07 Å². The molecule has 0 aliphatic carbocycles. The average molecular weight is 131 g/mol. The molecule has 0 fully saturated rings. The molecule has 1 nitrogen and oxygen atoms in total. The second-order valence-electron chi connectivity index (χ2n) is 1.56. The highest BCUT2D eigenvalue weighted by Crippen LogP contribution is 1.95. The Hall–Kier alpha value is -1.55. The van der Waals surface area contributed by atoms with Crippen LogP contribution in [0.3, 0.4) is 0 Å². The summed E-state index contributed by atoms with van der Waals surface area (Å²) in [7, 11) is 0. The summed E-state index contributed by atoms with van der Waals surface area (Å²) in [5, 5.41) is 8.11. The largest absolute Gasteiger partial charge is 0.193 e. The van der Waals surface area contributed by atoms with Crippen molar-refractivity contribution < 1.29 is 0 Å². The van der Waals surface area contributed by atoms with Crippen molar-refractivity contribution in [1.29, 1.82) is 5.26 Å². The molecule has 0 heterocycles. The first-order valence-electron chi connectivity index (χ1n) is 2.86. The van der Waals surface area contributed by atoms with Crippen molar-refractivity contribution in [2.75, 3.05) is 0 Å². The van der Waals surface area contributed by atoms with Gasteiger partial charge in [-0.05, 0) is 5.57 Å². The van der Waals surface area contributed by atoms with E-state index in [4.69, 9.17) is 5.26 Å². The van der Waals surface area contributed by atoms with Gasteiger partial charge in [-0.15, -0.1) is 0 Å². The third-order valence-electron chi connectivity index (χ3n) is 0.931. The summed E-state index contributed by atoms with van der Waals surface area (Å²) in [4.78, 5) is 0. The van der Waals surface area contributed by atoms with Gasteiger partial charge in [-0.1, -0.05) is 37.5 Å². The Morgan fingerprint density at radius 2 is 1.90 bits per heavy atom. The fourth-order valence-electron chi connectivity index (χ4n) is 0.422. The molecule has 0 saturated carbocycles. The summed E-state index contributed by atoms with van der Waals surface area (Å²) in [5.74, 6) is 0. The van der Waals surface area contributed by atoms with E-state index in [1.54, 1.807) is 24.3 Å². The molecule has 0 aromatic heterocycles. The van der Waals surface area contributed by atoms with Crippen LogP contribution in [0, 0.1) is 11.3 Å². The molecule has 0 atom stereocenters. The van der Waals surface area contributed by atoms with E-state index in [2.05, 4.69) is 13.2 Å². The first-order valence-corrected chi connectivity index (χ1v) is 2.86. The molecule has 0 aromatic rings. The summed E-state index contributed by atoms with van der Waals surface area (Å²) in [6.07, 6.45) is 8.17. The number of rotatable bonds is 3. The van der Waals surface area contributed by atoms with E-state index in [0.717, 1.165) is 5.57 Å². The zero-order chi connectivity index (χ0) is 7.82. The van der Waals surface area contributed by atoms with Gasteiger partial charge in [-0.2, -0.15) is 5.26 Å². The van der Waals surface area contributed by atoms with Gasteiger partial charge >= 0.3 is 0 Å². The first-order chi connectivity index (χ1) is 4.85. The zero-order valence-corrected chi connectivity index (χ0v) is 5.75. The standard InChI is InChI=1S/C9H9N/c1-3-9(4-2)7-5-6-8-10/h3-7H,1-2H2/b6-5+. The molecule has 0 N–H and O–H groups in total. The summed E-state index contributed by atoms with van der Waals surface area (Å²) in [5.41, 5.74) is 0.909. The second kappa shape index (κ2) is 5.58. The molecule has 0 unspecified atom stereocenters. The topological polar surface area (TPSA) is 23.8 Å². The van der Waals surface area contributed by atoms with E-state index < -0.39 is 0 Å². The average Bonchev–Trinajstić information content (AvgIpc) is 1.99. The Balaban J connectivity index is 4.14. The minimum absolute atomic E-state index is 0.909. The number of hydrogen-bond donors (Lipinski definition) is 0. The Labute approximate surface area is 61.3 Å². The minimum Gasteiger partial charge on any atom is -0.193 e. The fraction of sp³-hybridized carbons (Fsp3) is 0. The van der Waals surface area contributed by atoms with E-state index in [0.29, 0.717) is 0 Å². The van der Waals surface area contributed by atoms with Gasteiger partial charge in [0.2, 0.25) is 0 Å². The third kappa shape index (κ3) is 3.45. The van der Waals surface area contributed by atoms with E-state index in [-0.39, 0.29) is 0 Å². The van der Waals surface area contributed by atoms with Gasteiger partial charge in [0.1, 0.15) is 0 Å². The lowest BCUT2D eigenvalue weighted by molar-refractivity contribution is 1.53. The maximum atomic E-state index is 8.11. The maximum absolute atomic E-state index is 8.11. The highest BCUT2D eigenvalue weighted by atomic mass is 14.2. The summed E-state index contributed by atoms with van der Waals surface area (Å²) >= 11 is 0. The van der Waals surface area contributed by atoms with Gasteiger partial charge in [-0.3, -0.25) is 0 Å². The van der Waals surface area contributed by atoms with Crippen LogP contribution in [0.25, 0.3) is 0 Å². The molecule has 1 heteroatoms. The zero-order valence-electron chi connectivity index (χ0n) is 5.75. The smallest absolute Gasteiger partial charge is 0.0912 e. The van der Waals surface area contributed by atoms with Gasteiger partial charge < -0.3 is 0 Å². The Bertz CT molecular complexity index is 203. The van der Waals surface area contributed by atoms with Crippen LogP contribution in [-0.4, -0.2) is 0 Å². The maximum Gasteiger partial charge on any atom is 0.0912 e. The lowest BCUT2D eigenvalue weighted by Gasteiger charge is -1.84. The van der Waals surface area contributed by atoms with Crippen molar-refractivity contribution in [1.82, 2.24) is 0 Å². The van der Waals surface area contributed by atoms with E-state index >= 15 is 0 Å². The fourth-order valence-corrected chi connectivity index (χ4v) is 0.422. The predicted molar refractivity (Wildman–Crippen MR) is 43.2 cm³/mol. The number of allylic oxidation sites excluding steroid dienone is 6. The van der Waals surface area contributed by atoms with E-state index in [1.807, 2.05) is 6.07 Å². The molecule has 50 valence electrons. The molecule has 0 aliphatic heterocycles. The normalized spacial score (nSPS) is 8.30. The van der Waals surface area contributed by atoms with Crippen LogP contribution in [0.1, 0.15) is 0 Å². The monoisotopic (exact) mass is 131 g/mol. The van der Waals surface area contributed by atoms with Crippen LogP contribution in [0.2, 0.25) is 0 Å². The van der Waals surface area contributed by atoms with E-state index in [1.165, 1.54) is 6.08 Å². The van der Waals surface area contributed by atoms with Crippen LogP contribution in [0.5, 0.6) is 0 Å². The minimum atomic E-state index is 0.909. The molecule has 0 aromatic carbocycles. The molecule has 0 aliphatic rings. The first kappa shape index (κ1) is 8.45. The number of nitrogens with zero attached hydrogens (tertiary/aromatic N) is 1. The molecule has 10 heavy (non-hydrogen) atoms. The third-order valence-corrected chi connectivity index (χ3v) is 0.931. The van der Waals surface area contributed by atoms with Crippen LogP contribution in [0.4, 0.5) is 0 Å². The van der Waals surface area contributed by atoms with Gasteiger partial charge in [0.15, 0.2) is 0 Å². The Kier molecular flexibility index (Phi) is 4.72. The molecule has 0 saturated heterocycles. The number of nitriles is 1. The Morgan fingerprint density at radius 1 is 1.30 bits per heavy atom. The van der Waals surface area contributed by atoms with Crippen molar-refractivity contribution >= 4 is 0 Å².